The number of hydroxylamine groups is 2. The van der Waals surface area contributed by atoms with Gasteiger partial charge in [0.1, 0.15) is 12.4 Å². The van der Waals surface area contributed by atoms with E-state index in [2.05, 4.69) is 24.3 Å². The monoisotopic (exact) mass is 431 g/mol. The maximum Gasteiger partial charge on any atom is 0.338 e. The Morgan fingerprint density at radius 3 is 2.59 bits per heavy atom. The highest BCUT2D eigenvalue weighted by Gasteiger charge is 2.25. The number of fused-ring (bicyclic) bond motifs is 1. The highest BCUT2D eigenvalue weighted by Crippen LogP contribution is 2.26. The molecule has 1 aliphatic heterocycles. The standard InChI is InChI=1S/C25H25N3O4/c26-25(30)28(31)13-14-32-22-9-10-23-21(16-22)11-12-27(24(23)29)17-18-5-4-8-20(15-18)19-6-2-1-3-7-19/h1-10,15-16,31H,11-14,17H2,(H2,26,30). The maximum atomic E-state index is 13.1. The van der Waals surface area contributed by atoms with Crippen LogP contribution in [0.25, 0.3) is 11.1 Å². The number of nitrogens with zero attached hydrogens (tertiary/aromatic N) is 2. The van der Waals surface area contributed by atoms with Gasteiger partial charge in [-0.25, -0.2) is 9.86 Å². The Labute approximate surface area is 186 Å². The zero-order valence-electron chi connectivity index (χ0n) is 17.6. The lowest BCUT2D eigenvalue weighted by atomic mass is 9.97. The fourth-order valence-electron chi connectivity index (χ4n) is 3.81. The van der Waals surface area contributed by atoms with Gasteiger partial charge >= 0.3 is 6.03 Å². The molecule has 3 N–H and O–H groups in total. The molecular formula is C25H25N3O4. The van der Waals surface area contributed by atoms with Crippen LogP contribution in [0.2, 0.25) is 0 Å². The molecule has 164 valence electrons. The normalized spacial score (nSPS) is 12.9. The quantitative estimate of drug-likeness (QED) is 0.440. The maximum absolute atomic E-state index is 13.1. The molecule has 0 atom stereocenters. The molecule has 3 aromatic carbocycles. The summed E-state index contributed by atoms with van der Waals surface area (Å²) in [6.07, 6.45) is 0.726. The summed E-state index contributed by atoms with van der Waals surface area (Å²) in [6, 6.07) is 22.9. The van der Waals surface area contributed by atoms with E-state index in [0.717, 1.165) is 28.7 Å². The van der Waals surface area contributed by atoms with Crippen LogP contribution in [0.15, 0.2) is 72.8 Å². The minimum atomic E-state index is -0.931. The number of ether oxygens (including phenoxy) is 1. The number of amides is 3. The minimum absolute atomic E-state index is 0.00169. The van der Waals surface area contributed by atoms with Gasteiger partial charge in [0.15, 0.2) is 0 Å². The van der Waals surface area contributed by atoms with Crippen molar-refractivity contribution in [2.24, 2.45) is 5.73 Å². The van der Waals surface area contributed by atoms with E-state index in [1.54, 1.807) is 12.1 Å². The molecule has 3 amide bonds. The van der Waals surface area contributed by atoms with E-state index >= 15 is 0 Å². The predicted octanol–water partition coefficient (Wildman–Crippen LogP) is 3.70. The number of hydrogen-bond acceptors (Lipinski definition) is 4. The first-order valence-electron chi connectivity index (χ1n) is 10.5. The second-order valence-corrected chi connectivity index (χ2v) is 7.67. The molecule has 0 radical (unpaired) electrons. The Morgan fingerprint density at radius 2 is 1.81 bits per heavy atom. The van der Waals surface area contributed by atoms with Crippen LogP contribution in [0, 0.1) is 0 Å². The molecular weight excluding hydrogens is 406 g/mol. The van der Waals surface area contributed by atoms with Crippen LogP contribution in [0.1, 0.15) is 21.5 Å². The average molecular weight is 431 g/mol. The van der Waals surface area contributed by atoms with Crippen molar-refractivity contribution in [3.05, 3.63) is 89.5 Å². The van der Waals surface area contributed by atoms with Gasteiger partial charge in [-0.05, 0) is 52.9 Å². The molecule has 4 rings (SSSR count). The number of benzene rings is 3. The van der Waals surface area contributed by atoms with Crippen LogP contribution in [-0.2, 0) is 13.0 Å². The number of rotatable bonds is 7. The van der Waals surface area contributed by atoms with Gasteiger partial charge in [-0.15, -0.1) is 0 Å². The van der Waals surface area contributed by atoms with E-state index in [4.69, 9.17) is 10.5 Å². The van der Waals surface area contributed by atoms with Crippen molar-refractivity contribution in [2.75, 3.05) is 19.7 Å². The third-order valence-electron chi connectivity index (χ3n) is 5.48. The summed E-state index contributed by atoms with van der Waals surface area (Å²) in [5.41, 5.74) is 9.94. The van der Waals surface area contributed by atoms with Crippen LogP contribution in [-0.4, -0.2) is 46.8 Å². The van der Waals surface area contributed by atoms with Gasteiger partial charge in [-0.1, -0.05) is 48.5 Å². The Kier molecular flexibility index (Phi) is 6.37. The third-order valence-corrected chi connectivity index (χ3v) is 5.48. The predicted molar refractivity (Wildman–Crippen MR) is 120 cm³/mol. The first kappa shape index (κ1) is 21.4. The van der Waals surface area contributed by atoms with E-state index < -0.39 is 6.03 Å². The number of urea groups is 1. The Morgan fingerprint density at radius 1 is 1.03 bits per heavy atom. The summed E-state index contributed by atoms with van der Waals surface area (Å²) in [5, 5.41) is 9.69. The number of nitrogens with two attached hydrogens (primary N) is 1. The molecule has 1 heterocycles. The lowest BCUT2D eigenvalue weighted by Gasteiger charge is -2.29. The third kappa shape index (κ3) is 4.90. The molecule has 0 saturated carbocycles. The second-order valence-electron chi connectivity index (χ2n) is 7.67. The van der Waals surface area contributed by atoms with Crippen molar-refractivity contribution in [1.29, 1.82) is 0 Å². The van der Waals surface area contributed by atoms with Crippen molar-refractivity contribution in [3.63, 3.8) is 0 Å². The molecule has 0 aliphatic carbocycles. The molecule has 0 fully saturated rings. The molecule has 3 aromatic rings. The van der Waals surface area contributed by atoms with Crippen molar-refractivity contribution < 1.29 is 19.5 Å². The van der Waals surface area contributed by atoms with E-state index in [1.165, 1.54) is 0 Å². The molecule has 7 heteroatoms. The minimum Gasteiger partial charge on any atom is -0.492 e. The van der Waals surface area contributed by atoms with Crippen LogP contribution in [0.5, 0.6) is 5.75 Å². The van der Waals surface area contributed by atoms with E-state index in [1.807, 2.05) is 41.3 Å². The highest BCUT2D eigenvalue weighted by atomic mass is 16.5. The summed E-state index contributed by atoms with van der Waals surface area (Å²) >= 11 is 0. The van der Waals surface area contributed by atoms with Gasteiger partial charge in [0.2, 0.25) is 0 Å². The number of carbonyl (C=O) groups is 2. The molecule has 0 spiro atoms. The van der Waals surface area contributed by atoms with Gasteiger partial charge in [0.05, 0.1) is 6.54 Å². The molecule has 0 unspecified atom stereocenters. The van der Waals surface area contributed by atoms with Gasteiger partial charge < -0.3 is 15.4 Å². The summed E-state index contributed by atoms with van der Waals surface area (Å²) in [5.74, 6) is 0.580. The first-order valence-corrected chi connectivity index (χ1v) is 10.5. The van der Waals surface area contributed by atoms with Crippen molar-refractivity contribution in [3.8, 4) is 16.9 Å². The highest BCUT2D eigenvalue weighted by molar-refractivity contribution is 5.97. The zero-order valence-corrected chi connectivity index (χ0v) is 17.6. The fraction of sp³-hybridized carbons (Fsp3) is 0.200. The number of carbonyl (C=O) groups excluding carboxylic acids is 2. The zero-order chi connectivity index (χ0) is 22.5. The van der Waals surface area contributed by atoms with Gasteiger partial charge in [0, 0.05) is 18.7 Å². The van der Waals surface area contributed by atoms with Crippen LogP contribution in [0.4, 0.5) is 4.79 Å². The fourth-order valence-corrected chi connectivity index (χ4v) is 3.81. The number of hydrogen-bond donors (Lipinski definition) is 2. The number of primary amides is 1. The van der Waals surface area contributed by atoms with Crippen molar-refractivity contribution >= 4 is 11.9 Å². The lowest BCUT2D eigenvalue weighted by molar-refractivity contribution is -0.0464. The largest absolute Gasteiger partial charge is 0.492 e. The van der Waals surface area contributed by atoms with Gasteiger partial charge in [0.25, 0.3) is 5.91 Å². The van der Waals surface area contributed by atoms with Crippen molar-refractivity contribution in [1.82, 2.24) is 9.96 Å². The Balaban J connectivity index is 1.41. The molecule has 0 saturated heterocycles. The van der Waals surface area contributed by atoms with Gasteiger partial charge in [-0.3, -0.25) is 10.0 Å². The SMILES string of the molecule is NC(=O)N(O)CCOc1ccc2c(c1)CCN(Cc1cccc(-c3ccccc3)c1)C2=O. The summed E-state index contributed by atoms with van der Waals surface area (Å²) in [7, 11) is 0. The summed E-state index contributed by atoms with van der Waals surface area (Å²) < 4.78 is 5.57. The summed E-state index contributed by atoms with van der Waals surface area (Å²) in [6.45, 7) is 1.23. The van der Waals surface area contributed by atoms with E-state index in [0.29, 0.717) is 29.5 Å². The molecule has 0 aromatic heterocycles. The van der Waals surface area contributed by atoms with E-state index in [9.17, 15) is 14.8 Å². The van der Waals surface area contributed by atoms with Crippen LogP contribution in [0.3, 0.4) is 0 Å². The molecule has 1 aliphatic rings. The van der Waals surface area contributed by atoms with Crippen LogP contribution < -0.4 is 10.5 Å². The van der Waals surface area contributed by atoms with E-state index in [-0.39, 0.29) is 19.1 Å². The topological polar surface area (TPSA) is 96.1 Å². The van der Waals surface area contributed by atoms with Crippen LogP contribution >= 0.6 is 0 Å². The molecule has 0 bridgehead atoms. The second kappa shape index (κ2) is 9.53. The van der Waals surface area contributed by atoms with Crippen molar-refractivity contribution in [2.45, 2.75) is 13.0 Å². The van der Waals surface area contributed by atoms with Gasteiger partial charge in [-0.2, -0.15) is 0 Å². The molecule has 7 nitrogen and oxygen atoms in total. The summed E-state index contributed by atoms with van der Waals surface area (Å²) in [4.78, 5) is 25.7. The molecule has 32 heavy (non-hydrogen) atoms. The average Bonchev–Trinajstić information content (AvgIpc) is 2.81. The first-order chi connectivity index (χ1) is 15.5. The Hall–Kier alpha value is -3.84. The Bertz CT molecular complexity index is 1120. The lowest BCUT2D eigenvalue weighted by Crippen LogP contribution is -2.37. The smallest absolute Gasteiger partial charge is 0.338 e.